The summed E-state index contributed by atoms with van der Waals surface area (Å²) in [5.41, 5.74) is 0.420. The minimum atomic E-state index is -4.36. The maximum absolute atomic E-state index is 12.5. The van der Waals surface area contributed by atoms with Gasteiger partial charge in [0, 0.05) is 25.8 Å². The van der Waals surface area contributed by atoms with Crippen LogP contribution in [0.25, 0.3) is 0 Å². The van der Waals surface area contributed by atoms with Crippen molar-refractivity contribution in [3.63, 3.8) is 0 Å². The van der Waals surface area contributed by atoms with Gasteiger partial charge in [-0.3, -0.25) is 0 Å². The third-order valence-electron chi connectivity index (χ3n) is 3.39. The first-order valence-electron chi connectivity index (χ1n) is 8.29. The molecule has 27 heavy (non-hydrogen) atoms. The van der Waals surface area contributed by atoms with Gasteiger partial charge in [0.15, 0.2) is 5.96 Å². The number of pyridine rings is 1. The van der Waals surface area contributed by atoms with E-state index in [0.717, 1.165) is 31.2 Å². The van der Waals surface area contributed by atoms with E-state index in [1.54, 1.807) is 11.3 Å². The van der Waals surface area contributed by atoms with Gasteiger partial charge < -0.3 is 16.0 Å². The van der Waals surface area contributed by atoms with Crippen LogP contribution in [0, 0.1) is 0 Å². The third kappa shape index (κ3) is 8.78. The van der Waals surface area contributed by atoms with E-state index in [1.807, 2.05) is 18.4 Å². The molecule has 0 aliphatic heterocycles. The Kier molecular flexibility index (Phi) is 10.4. The second-order valence-corrected chi connectivity index (χ2v) is 6.24. The van der Waals surface area contributed by atoms with Crippen LogP contribution in [0.3, 0.4) is 0 Å². The van der Waals surface area contributed by atoms with E-state index < -0.39 is 11.7 Å². The van der Waals surface area contributed by atoms with Gasteiger partial charge in [-0.1, -0.05) is 0 Å². The van der Waals surface area contributed by atoms with E-state index in [4.69, 9.17) is 0 Å². The number of hydrogen-bond acceptors (Lipinski definition) is 4. The predicted molar refractivity (Wildman–Crippen MR) is 115 cm³/mol. The summed E-state index contributed by atoms with van der Waals surface area (Å²) < 4.78 is 37.4. The van der Waals surface area contributed by atoms with Crippen LogP contribution in [0.4, 0.5) is 19.0 Å². The molecular formula is C17H23F3IN5S. The zero-order chi connectivity index (χ0) is 18.8. The van der Waals surface area contributed by atoms with E-state index in [1.165, 1.54) is 11.6 Å². The van der Waals surface area contributed by atoms with Gasteiger partial charge in [-0.05, 0) is 47.9 Å². The highest BCUT2D eigenvalue weighted by atomic mass is 127. The Morgan fingerprint density at radius 1 is 1.19 bits per heavy atom. The number of aliphatic imine (C=N–C) groups is 1. The molecule has 3 N–H and O–H groups in total. The normalized spacial score (nSPS) is 11.6. The number of alkyl halides is 3. The molecule has 0 saturated heterocycles. The zero-order valence-electron chi connectivity index (χ0n) is 14.8. The largest absolute Gasteiger partial charge is 0.417 e. The first kappa shape index (κ1) is 23.5. The lowest BCUT2D eigenvalue weighted by Crippen LogP contribution is -2.38. The van der Waals surface area contributed by atoms with E-state index in [0.29, 0.717) is 25.5 Å². The van der Waals surface area contributed by atoms with Crippen LogP contribution in [0.5, 0.6) is 0 Å². The van der Waals surface area contributed by atoms with Crippen LogP contribution < -0.4 is 16.0 Å². The summed E-state index contributed by atoms with van der Waals surface area (Å²) in [7, 11) is 0. The van der Waals surface area contributed by atoms with Crippen LogP contribution in [0.2, 0.25) is 0 Å². The summed E-state index contributed by atoms with van der Waals surface area (Å²) >= 11 is 1.64. The average Bonchev–Trinajstić information content (AvgIpc) is 3.12. The molecule has 0 atom stereocenters. The molecule has 0 aliphatic rings. The van der Waals surface area contributed by atoms with Crippen molar-refractivity contribution < 1.29 is 13.2 Å². The van der Waals surface area contributed by atoms with Crippen molar-refractivity contribution in [2.45, 2.75) is 26.1 Å². The van der Waals surface area contributed by atoms with E-state index in [2.05, 4.69) is 31.3 Å². The highest BCUT2D eigenvalue weighted by Gasteiger charge is 2.30. The quantitative estimate of drug-likeness (QED) is 0.213. The van der Waals surface area contributed by atoms with Crippen LogP contribution in [-0.4, -0.2) is 30.6 Å². The Morgan fingerprint density at radius 2 is 2.00 bits per heavy atom. The standard InChI is InChI=1S/C17H22F3N5S.HI/c1-2-21-16(25-10-13-6-9-26-12-13)23-8-3-7-22-15-5-4-14(11-24-15)17(18,19)20;/h4-6,9,11-12H,2-3,7-8,10H2,1H3,(H,22,24)(H2,21,23,25);1H. The van der Waals surface area contributed by atoms with Gasteiger partial charge in [0.1, 0.15) is 5.82 Å². The fraction of sp³-hybridized carbons (Fsp3) is 0.412. The molecule has 2 aromatic rings. The van der Waals surface area contributed by atoms with Gasteiger partial charge >= 0.3 is 6.18 Å². The number of halogens is 4. The Morgan fingerprint density at radius 3 is 2.59 bits per heavy atom. The van der Waals surface area contributed by atoms with Crippen LogP contribution in [-0.2, 0) is 12.7 Å². The number of nitrogens with zero attached hydrogens (tertiary/aromatic N) is 2. The van der Waals surface area contributed by atoms with Crippen molar-refractivity contribution in [3.05, 3.63) is 46.3 Å². The molecular weight excluding hydrogens is 490 g/mol. The average molecular weight is 513 g/mol. The van der Waals surface area contributed by atoms with Crippen molar-refractivity contribution in [2.24, 2.45) is 4.99 Å². The summed E-state index contributed by atoms with van der Waals surface area (Å²) in [4.78, 5) is 8.28. The van der Waals surface area contributed by atoms with Gasteiger partial charge in [0.05, 0.1) is 12.1 Å². The molecule has 0 unspecified atom stereocenters. The molecule has 0 aliphatic carbocycles. The fourth-order valence-electron chi connectivity index (χ4n) is 2.07. The Labute approximate surface area is 177 Å². The molecule has 0 spiro atoms. The van der Waals surface area contributed by atoms with Crippen molar-refractivity contribution in [2.75, 3.05) is 25.0 Å². The summed E-state index contributed by atoms with van der Waals surface area (Å²) in [6, 6.07) is 4.40. The summed E-state index contributed by atoms with van der Waals surface area (Å²) in [5.74, 6) is 1.17. The molecule has 0 fully saturated rings. The molecule has 150 valence electrons. The van der Waals surface area contributed by atoms with Crippen LogP contribution >= 0.6 is 35.3 Å². The highest BCUT2D eigenvalue weighted by molar-refractivity contribution is 14.0. The summed E-state index contributed by atoms with van der Waals surface area (Å²) in [6.45, 7) is 4.66. The van der Waals surface area contributed by atoms with Gasteiger partial charge in [-0.2, -0.15) is 24.5 Å². The molecule has 10 heteroatoms. The number of rotatable bonds is 8. The number of aromatic nitrogens is 1. The lowest BCUT2D eigenvalue weighted by atomic mass is 10.3. The van der Waals surface area contributed by atoms with E-state index in [-0.39, 0.29) is 24.0 Å². The number of guanidine groups is 1. The summed E-state index contributed by atoms with van der Waals surface area (Å²) in [5, 5.41) is 13.5. The molecule has 0 amide bonds. The van der Waals surface area contributed by atoms with Gasteiger partial charge in [-0.15, -0.1) is 24.0 Å². The molecule has 2 rings (SSSR count). The number of anilines is 1. The Hall–Kier alpha value is -1.56. The minimum Gasteiger partial charge on any atom is -0.370 e. The molecule has 0 aromatic carbocycles. The smallest absolute Gasteiger partial charge is 0.370 e. The monoisotopic (exact) mass is 513 g/mol. The highest BCUT2D eigenvalue weighted by Crippen LogP contribution is 2.28. The van der Waals surface area contributed by atoms with Crippen molar-refractivity contribution in [1.29, 1.82) is 0 Å². The first-order valence-corrected chi connectivity index (χ1v) is 9.23. The third-order valence-corrected chi connectivity index (χ3v) is 4.12. The molecule has 2 aromatic heterocycles. The van der Waals surface area contributed by atoms with Crippen molar-refractivity contribution in [1.82, 2.24) is 15.6 Å². The molecule has 5 nitrogen and oxygen atoms in total. The van der Waals surface area contributed by atoms with Gasteiger partial charge in [0.2, 0.25) is 0 Å². The number of nitrogens with one attached hydrogen (secondary N) is 3. The van der Waals surface area contributed by atoms with Gasteiger partial charge in [0.25, 0.3) is 0 Å². The molecule has 0 saturated carbocycles. The van der Waals surface area contributed by atoms with Crippen LogP contribution in [0.1, 0.15) is 24.5 Å². The SMILES string of the molecule is CCNC(=NCc1ccsc1)NCCCNc1ccc(C(F)(F)F)cn1.I. The number of thiophene rings is 1. The maximum Gasteiger partial charge on any atom is 0.417 e. The Bertz CT molecular complexity index is 675. The van der Waals surface area contributed by atoms with Crippen LogP contribution in [0.15, 0.2) is 40.1 Å². The van der Waals surface area contributed by atoms with E-state index >= 15 is 0 Å². The lowest BCUT2D eigenvalue weighted by Gasteiger charge is -2.12. The minimum absolute atomic E-state index is 0. The predicted octanol–water partition coefficient (Wildman–Crippen LogP) is 4.34. The van der Waals surface area contributed by atoms with E-state index in [9.17, 15) is 13.2 Å². The summed E-state index contributed by atoms with van der Waals surface area (Å²) in [6.07, 6.45) is -2.76. The number of hydrogen-bond donors (Lipinski definition) is 3. The fourth-order valence-corrected chi connectivity index (χ4v) is 2.73. The molecule has 0 bridgehead atoms. The molecule has 0 radical (unpaired) electrons. The first-order chi connectivity index (χ1) is 12.5. The van der Waals surface area contributed by atoms with Gasteiger partial charge in [-0.25, -0.2) is 9.98 Å². The molecule has 2 heterocycles. The maximum atomic E-state index is 12.5. The lowest BCUT2D eigenvalue weighted by molar-refractivity contribution is -0.137. The second kappa shape index (κ2) is 12.0. The zero-order valence-corrected chi connectivity index (χ0v) is 18.0. The van der Waals surface area contributed by atoms with Crippen molar-refractivity contribution >= 4 is 47.1 Å². The van der Waals surface area contributed by atoms with Crippen molar-refractivity contribution in [3.8, 4) is 0 Å². The second-order valence-electron chi connectivity index (χ2n) is 5.46. The topological polar surface area (TPSA) is 61.3 Å². The Balaban J connectivity index is 0.00000364.